The van der Waals surface area contributed by atoms with Gasteiger partial charge in [0.1, 0.15) is 12.4 Å². The molecule has 0 spiro atoms. The highest BCUT2D eigenvalue weighted by molar-refractivity contribution is 8.00. The first kappa shape index (κ1) is 23.4. The number of aromatic nitrogens is 2. The molecule has 2 N–H and O–H groups in total. The van der Waals surface area contributed by atoms with E-state index in [-0.39, 0.29) is 17.9 Å². The number of carbonyl (C=O) groups excluding carboxylic acids is 2. The summed E-state index contributed by atoms with van der Waals surface area (Å²) in [5, 5.41) is 5.98. The number of benzene rings is 1. The average molecular weight is 494 g/mol. The Balaban J connectivity index is 1.07. The summed E-state index contributed by atoms with van der Waals surface area (Å²) in [6.45, 7) is 3.10. The molecule has 35 heavy (non-hydrogen) atoms. The monoisotopic (exact) mass is 493 g/mol. The number of methoxy groups -OCH3 is 1. The molecule has 9 nitrogen and oxygen atoms in total. The predicted molar refractivity (Wildman–Crippen MR) is 134 cm³/mol. The Hall–Kier alpha value is -3.37. The Morgan fingerprint density at radius 3 is 2.89 bits per heavy atom. The number of nitrogens with zero attached hydrogens (tertiary/aromatic N) is 3. The van der Waals surface area contributed by atoms with Crippen LogP contribution in [0.5, 0.6) is 11.6 Å². The summed E-state index contributed by atoms with van der Waals surface area (Å²) in [5.74, 6) is 1.50. The lowest BCUT2D eigenvalue weighted by atomic mass is 10.0. The average Bonchev–Trinajstić information content (AvgIpc) is 2.88. The minimum absolute atomic E-state index is 0.0370. The zero-order valence-electron chi connectivity index (χ0n) is 19.5. The molecule has 1 fully saturated rings. The number of nitrogens with one attached hydrogen (secondary N) is 2. The standard InChI is InChI=1S/C25H27N5O4S/c1-33-18-13-20-19(26-14-18)3-5-24(29-20)34-11-10-30-8-6-17(7-9-30)27-25(32)16-2-4-22-21(12-16)28-23(31)15-35-22/h2-5,12-14,17H,6-11,15H2,1H3,(H,27,32)(H,28,31). The normalized spacial score (nSPS) is 16.4. The number of pyridine rings is 2. The summed E-state index contributed by atoms with van der Waals surface area (Å²) in [6.07, 6.45) is 3.42. The summed E-state index contributed by atoms with van der Waals surface area (Å²) in [7, 11) is 1.60. The third-order valence-corrected chi connectivity index (χ3v) is 7.25. The molecule has 0 unspecified atom stereocenters. The molecule has 0 atom stereocenters. The summed E-state index contributed by atoms with van der Waals surface area (Å²) in [6, 6.07) is 11.2. The Kier molecular flexibility index (Phi) is 7.01. The van der Waals surface area contributed by atoms with Gasteiger partial charge in [-0.15, -0.1) is 11.8 Å². The molecule has 0 saturated carbocycles. The van der Waals surface area contributed by atoms with Gasteiger partial charge < -0.3 is 20.1 Å². The van der Waals surface area contributed by atoms with Crippen LogP contribution in [-0.2, 0) is 4.79 Å². The fraction of sp³-hybridized carbons (Fsp3) is 0.360. The van der Waals surface area contributed by atoms with Gasteiger partial charge in [0.15, 0.2) is 0 Å². The second-order valence-corrected chi connectivity index (χ2v) is 9.57. The zero-order chi connectivity index (χ0) is 24.2. The van der Waals surface area contributed by atoms with E-state index in [1.165, 1.54) is 11.8 Å². The van der Waals surface area contributed by atoms with Crippen molar-refractivity contribution in [1.29, 1.82) is 0 Å². The van der Waals surface area contributed by atoms with Crippen molar-refractivity contribution >= 4 is 40.3 Å². The van der Waals surface area contributed by atoms with Crippen molar-refractivity contribution in [3.05, 3.63) is 48.2 Å². The largest absolute Gasteiger partial charge is 0.495 e. The number of amides is 2. The minimum Gasteiger partial charge on any atom is -0.495 e. The molecule has 2 amide bonds. The zero-order valence-corrected chi connectivity index (χ0v) is 20.3. The topological polar surface area (TPSA) is 106 Å². The van der Waals surface area contributed by atoms with E-state index in [4.69, 9.17) is 9.47 Å². The lowest BCUT2D eigenvalue weighted by molar-refractivity contribution is -0.113. The summed E-state index contributed by atoms with van der Waals surface area (Å²) in [5.41, 5.74) is 2.81. The van der Waals surface area contributed by atoms with E-state index in [0.29, 0.717) is 35.2 Å². The van der Waals surface area contributed by atoms with E-state index in [9.17, 15) is 9.59 Å². The summed E-state index contributed by atoms with van der Waals surface area (Å²) < 4.78 is 11.1. The number of hydrogen-bond acceptors (Lipinski definition) is 8. The SMILES string of the molecule is COc1cnc2ccc(OCCN3CCC(NC(=O)c4ccc5c(c4)NC(=O)CS5)CC3)nc2c1. The van der Waals surface area contributed by atoms with E-state index in [1.807, 2.05) is 30.3 Å². The number of hydrogen-bond donors (Lipinski definition) is 2. The third kappa shape index (κ3) is 5.66. The second-order valence-electron chi connectivity index (χ2n) is 8.55. The van der Waals surface area contributed by atoms with Gasteiger partial charge >= 0.3 is 0 Å². The molecule has 10 heteroatoms. The number of likely N-dealkylation sites (tertiary alicyclic amines) is 1. The van der Waals surface area contributed by atoms with Gasteiger partial charge in [-0.05, 0) is 37.1 Å². The quantitative estimate of drug-likeness (QED) is 0.518. The molecule has 3 aromatic rings. The van der Waals surface area contributed by atoms with E-state index in [2.05, 4.69) is 25.5 Å². The van der Waals surface area contributed by atoms with Crippen LogP contribution in [-0.4, -0.2) is 71.8 Å². The van der Waals surface area contributed by atoms with Crippen LogP contribution < -0.4 is 20.1 Å². The van der Waals surface area contributed by atoms with Crippen molar-refractivity contribution in [2.24, 2.45) is 0 Å². The maximum Gasteiger partial charge on any atom is 0.251 e. The Morgan fingerprint density at radius 2 is 2.06 bits per heavy atom. The van der Waals surface area contributed by atoms with E-state index >= 15 is 0 Å². The second kappa shape index (κ2) is 10.5. The summed E-state index contributed by atoms with van der Waals surface area (Å²) >= 11 is 1.49. The number of piperidine rings is 1. The molecule has 0 aliphatic carbocycles. The van der Waals surface area contributed by atoms with Gasteiger partial charge in [-0.25, -0.2) is 4.98 Å². The maximum atomic E-state index is 12.7. The molecule has 2 aliphatic heterocycles. The molecule has 1 saturated heterocycles. The van der Waals surface area contributed by atoms with Crippen molar-refractivity contribution in [2.75, 3.05) is 44.4 Å². The number of ether oxygens (including phenoxy) is 2. The van der Waals surface area contributed by atoms with Crippen LogP contribution in [0.3, 0.4) is 0 Å². The fourth-order valence-corrected chi connectivity index (χ4v) is 5.02. The predicted octanol–water partition coefficient (Wildman–Crippen LogP) is 2.96. The molecule has 0 radical (unpaired) electrons. The van der Waals surface area contributed by atoms with Crippen molar-refractivity contribution in [1.82, 2.24) is 20.2 Å². The highest BCUT2D eigenvalue weighted by atomic mass is 32.2. The fourth-order valence-electron chi connectivity index (χ4n) is 4.23. The smallest absolute Gasteiger partial charge is 0.251 e. The van der Waals surface area contributed by atoms with Crippen LogP contribution in [0, 0.1) is 0 Å². The lowest BCUT2D eigenvalue weighted by Gasteiger charge is -2.32. The van der Waals surface area contributed by atoms with Gasteiger partial charge in [-0.1, -0.05) is 0 Å². The first-order valence-electron chi connectivity index (χ1n) is 11.6. The lowest BCUT2D eigenvalue weighted by Crippen LogP contribution is -2.45. The van der Waals surface area contributed by atoms with Crippen molar-refractivity contribution < 1.29 is 19.1 Å². The number of fused-ring (bicyclic) bond motifs is 2. The molecule has 4 heterocycles. The van der Waals surface area contributed by atoms with Crippen LogP contribution in [0.25, 0.3) is 11.0 Å². The van der Waals surface area contributed by atoms with E-state index < -0.39 is 0 Å². The van der Waals surface area contributed by atoms with Crippen LogP contribution >= 0.6 is 11.8 Å². The maximum absolute atomic E-state index is 12.7. The molecular formula is C25H27N5O4S. The van der Waals surface area contributed by atoms with Crippen LogP contribution in [0.1, 0.15) is 23.2 Å². The number of rotatable bonds is 7. The number of anilines is 1. The van der Waals surface area contributed by atoms with E-state index in [0.717, 1.165) is 48.4 Å². The van der Waals surface area contributed by atoms with Gasteiger partial charge in [-0.3, -0.25) is 19.5 Å². The highest BCUT2D eigenvalue weighted by Gasteiger charge is 2.22. The summed E-state index contributed by atoms with van der Waals surface area (Å²) in [4.78, 5) is 36.5. The molecule has 1 aromatic carbocycles. The Bertz CT molecular complexity index is 1250. The molecular weight excluding hydrogens is 466 g/mol. The first-order valence-corrected chi connectivity index (χ1v) is 12.6. The third-order valence-electron chi connectivity index (χ3n) is 6.18. The van der Waals surface area contributed by atoms with Gasteiger partial charge in [0.2, 0.25) is 11.8 Å². The van der Waals surface area contributed by atoms with Gasteiger partial charge in [0.25, 0.3) is 5.91 Å². The van der Waals surface area contributed by atoms with Crippen LogP contribution in [0.15, 0.2) is 47.5 Å². The molecule has 2 aliphatic rings. The first-order chi connectivity index (χ1) is 17.1. The molecule has 182 valence electrons. The number of carbonyl (C=O) groups is 2. The Labute approximate surface area is 207 Å². The van der Waals surface area contributed by atoms with Crippen LogP contribution in [0.2, 0.25) is 0 Å². The Morgan fingerprint density at radius 1 is 1.20 bits per heavy atom. The van der Waals surface area contributed by atoms with Gasteiger partial charge in [0.05, 0.1) is 35.8 Å². The van der Waals surface area contributed by atoms with Crippen LogP contribution in [0.4, 0.5) is 5.69 Å². The van der Waals surface area contributed by atoms with Gasteiger partial charge in [0, 0.05) is 48.3 Å². The minimum atomic E-state index is -0.104. The number of thioether (sulfide) groups is 1. The van der Waals surface area contributed by atoms with E-state index in [1.54, 1.807) is 19.4 Å². The van der Waals surface area contributed by atoms with Crippen molar-refractivity contribution in [3.63, 3.8) is 0 Å². The molecule has 0 bridgehead atoms. The molecule has 2 aromatic heterocycles. The van der Waals surface area contributed by atoms with Gasteiger partial charge in [-0.2, -0.15) is 0 Å². The van der Waals surface area contributed by atoms with Crippen molar-refractivity contribution in [3.8, 4) is 11.6 Å². The van der Waals surface area contributed by atoms with Crippen molar-refractivity contribution in [2.45, 2.75) is 23.8 Å². The molecule has 5 rings (SSSR count). The highest BCUT2D eigenvalue weighted by Crippen LogP contribution is 2.32.